The molecule has 7 nitrogen and oxygen atoms in total. The molecule has 0 spiro atoms. The smallest absolute Gasteiger partial charge is 0.280 e. The molecule has 1 amide bonds. The summed E-state index contributed by atoms with van der Waals surface area (Å²) < 4.78 is 1.37. The van der Waals surface area contributed by atoms with Crippen molar-refractivity contribution in [3.8, 4) is 16.9 Å². The lowest BCUT2D eigenvalue weighted by Crippen LogP contribution is -2.23. The fourth-order valence-electron chi connectivity index (χ4n) is 2.84. The van der Waals surface area contributed by atoms with Crippen LogP contribution in [0.25, 0.3) is 16.9 Å². The summed E-state index contributed by atoms with van der Waals surface area (Å²) in [6.45, 7) is 0.328. The Morgan fingerprint density at radius 1 is 1.07 bits per heavy atom. The lowest BCUT2D eigenvalue weighted by molar-refractivity contribution is 0.0951. The van der Waals surface area contributed by atoms with Crippen molar-refractivity contribution in [1.29, 1.82) is 0 Å². The quantitative estimate of drug-likeness (QED) is 0.532. The number of H-pyrrole nitrogens is 1. The number of benzene rings is 1. The summed E-state index contributed by atoms with van der Waals surface area (Å²) in [5, 5.41) is 5.80. The van der Waals surface area contributed by atoms with E-state index in [4.69, 9.17) is 0 Å². The Morgan fingerprint density at radius 2 is 1.90 bits per heavy atom. The second-order valence-corrected chi connectivity index (χ2v) is 6.14. The van der Waals surface area contributed by atoms with Gasteiger partial charge in [0.15, 0.2) is 5.82 Å². The highest BCUT2D eigenvalue weighted by molar-refractivity contribution is 5.94. The molecule has 0 radical (unpaired) electrons. The molecule has 0 bridgehead atoms. The third-order valence-electron chi connectivity index (χ3n) is 4.27. The third kappa shape index (κ3) is 4.41. The molecule has 0 fully saturated rings. The maximum absolute atomic E-state index is 12.7. The Labute approximate surface area is 172 Å². The second kappa shape index (κ2) is 8.99. The fourth-order valence-corrected chi connectivity index (χ4v) is 2.84. The van der Waals surface area contributed by atoms with Gasteiger partial charge in [0, 0.05) is 42.5 Å². The minimum absolute atomic E-state index is 0. The molecule has 0 atom stereocenters. The number of carbonyl (C=O) groups excluding carboxylic acids is 1. The van der Waals surface area contributed by atoms with Gasteiger partial charge in [-0.2, -0.15) is 0 Å². The Morgan fingerprint density at radius 3 is 2.66 bits per heavy atom. The predicted octanol–water partition coefficient (Wildman–Crippen LogP) is 2.97. The number of nitrogens with one attached hydrogen (secondary N) is 2. The summed E-state index contributed by atoms with van der Waals surface area (Å²) in [6.07, 6.45) is 6.53. The summed E-state index contributed by atoms with van der Waals surface area (Å²) >= 11 is 0. The van der Waals surface area contributed by atoms with E-state index in [0.717, 1.165) is 11.1 Å². The Balaban J connectivity index is 0.00000240. The Kier molecular flexibility index (Phi) is 6.21. The van der Waals surface area contributed by atoms with Gasteiger partial charge < -0.3 is 5.32 Å². The monoisotopic (exact) mass is 407 g/mol. The van der Waals surface area contributed by atoms with Crippen LogP contribution >= 0.6 is 12.4 Å². The molecule has 3 aromatic heterocycles. The number of hydrogen-bond acceptors (Lipinski definition) is 4. The highest BCUT2D eigenvalue weighted by Gasteiger charge is 2.11. The zero-order valence-electron chi connectivity index (χ0n) is 15.3. The van der Waals surface area contributed by atoms with Gasteiger partial charge in [-0.15, -0.1) is 12.4 Å². The van der Waals surface area contributed by atoms with Gasteiger partial charge in [0.1, 0.15) is 0 Å². The Bertz CT molecular complexity index is 1160. The van der Waals surface area contributed by atoms with Crippen molar-refractivity contribution in [2.24, 2.45) is 0 Å². The third-order valence-corrected chi connectivity index (χ3v) is 4.27. The topological polar surface area (TPSA) is 92.7 Å². The summed E-state index contributed by atoms with van der Waals surface area (Å²) in [4.78, 5) is 33.2. The van der Waals surface area contributed by atoms with Crippen molar-refractivity contribution in [3.05, 3.63) is 101 Å². The lowest BCUT2D eigenvalue weighted by Gasteiger charge is -2.07. The van der Waals surface area contributed by atoms with E-state index >= 15 is 0 Å². The molecule has 0 saturated carbocycles. The highest BCUT2D eigenvalue weighted by atomic mass is 35.5. The molecule has 29 heavy (non-hydrogen) atoms. The highest BCUT2D eigenvalue weighted by Crippen LogP contribution is 2.14. The van der Waals surface area contributed by atoms with E-state index in [2.05, 4.69) is 20.4 Å². The van der Waals surface area contributed by atoms with Crippen LogP contribution in [0.15, 0.2) is 84.2 Å². The van der Waals surface area contributed by atoms with Crippen LogP contribution in [-0.4, -0.2) is 25.7 Å². The van der Waals surface area contributed by atoms with E-state index in [0.29, 0.717) is 23.5 Å². The van der Waals surface area contributed by atoms with Crippen molar-refractivity contribution >= 4 is 18.3 Å². The first-order valence-electron chi connectivity index (χ1n) is 8.72. The summed E-state index contributed by atoms with van der Waals surface area (Å²) in [6, 6.07) is 16.2. The van der Waals surface area contributed by atoms with E-state index in [9.17, 15) is 9.59 Å². The predicted molar refractivity (Wildman–Crippen MR) is 112 cm³/mol. The summed E-state index contributed by atoms with van der Waals surface area (Å²) in [5.74, 6) is 0.293. The number of amides is 1. The molecular formula is C21H18ClN5O2. The van der Waals surface area contributed by atoms with Gasteiger partial charge in [-0.05, 0) is 35.9 Å². The van der Waals surface area contributed by atoms with Gasteiger partial charge >= 0.3 is 0 Å². The molecule has 2 N–H and O–H groups in total. The van der Waals surface area contributed by atoms with Crippen molar-refractivity contribution in [2.75, 3.05) is 0 Å². The number of rotatable bonds is 5. The van der Waals surface area contributed by atoms with Crippen LogP contribution in [0.5, 0.6) is 0 Å². The number of nitrogens with zero attached hydrogens (tertiary/aromatic N) is 3. The average molecular weight is 408 g/mol. The number of hydrogen-bond donors (Lipinski definition) is 2. The van der Waals surface area contributed by atoms with E-state index in [1.807, 2.05) is 24.3 Å². The maximum atomic E-state index is 12.7. The molecule has 4 rings (SSSR count). The molecule has 0 aliphatic carbocycles. The van der Waals surface area contributed by atoms with Crippen LogP contribution in [0.4, 0.5) is 0 Å². The fraction of sp³-hybridized carbons (Fsp3) is 0.0476. The van der Waals surface area contributed by atoms with Crippen molar-refractivity contribution in [2.45, 2.75) is 6.54 Å². The molecule has 4 aromatic rings. The van der Waals surface area contributed by atoms with Crippen LogP contribution in [0, 0.1) is 0 Å². The number of aromatic nitrogens is 4. The number of aromatic amines is 1. The van der Waals surface area contributed by atoms with Gasteiger partial charge in [0.2, 0.25) is 0 Å². The van der Waals surface area contributed by atoms with Crippen LogP contribution < -0.4 is 10.9 Å². The molecule has 0 aliphatic heterocycles. The summed E-state index contributed by atoms with van der Waals surface area (Å²) in [7, 11) is 0. The Hall–Kier alpha value is -3.71. The van der Waals surface area contributed by atoms with Gasteiger partial charge in [0.25, 0.3) is 11.5 Å². The zero-order valence-corrected chi connectivity index (χ0v) is 16.1. The van der Waals surface area contributed by atoms with E-state index in [-0.39, 0.29) is 23.9 Å². The van der Waals surface area contributed by atoms with Crippen molar-refractivity contribution in [3.63, 3.8) is 0 Å². The average Bonchev–Trinajstić information content (AvgIpc) is 3.15. The van der Waals surface area contributed by atoms with Gasteiger partial charge in [-0.25, -0.2) is 9.67 Å². The maximum Gasteiger partial charge on any atom is 0.280 e. The molecule has 8 heteroatoms. The zero-order chi connectivity index (χ0) is 19.3. The second-order valence-electron chi connectivity index (χ2n) is 6.14. The van der Waals surface area contributed by atoms with Gasteiger partial charge in [-0.3, -0.25) is 19.7 Å². The first kappa shape index (κ1) is 20.0. The van der Waals surface area contributed by atoms with Crippen LogP contribution in [0.3, 0.4) is 0 Å². The molecule has 0 saturated heterocycles. The number of halogens is 1. The normalized spacial score (nSPS) is 10.2. The first-order chi connectivity index (χ1) is 13.7. The van der Waals surface area contributed by atoms with E-state index < -0.39 is 0 Å². The SMILES string of the molecule is Cl.O=C(NCc1ccnc(-n2[nH]cc(-c3cccnc3)c2=O)c1)c1ccccc1. The summed E-state index contributed by atoms with van der Waals surface area (Å²) in [5.41, 5.74) is 2.45. The molecular weight excluding hydrogens is 390 g/mol. The molecule has 0 unspecified atom stereocenters. The van der Waals surface area contributed by atoms with Crippen molar-refractivity contribution < 1.29 is 4.79 Å². The minimum atomic E-state index is -0.217. The molecule has 3 heterocycles. The lowest BCUT2D eigenvalue weighted by atomic mass is 10.2. The van der Waals surface area contributed by atoms with Crippen molar-refractivity contribution in [1.82, 2.24) is 25.1 Å². The van der Waals surface area contributed by atoms with Gasteiger partial charge in [-0.1, -0.05) is 24.3 Å². The standard InChI is InChI=1S/C21H17N5O2.ClH/c27-20(16-5-2-1-3-6-16)24-12-15-8-10-23-19(11-15)26-21(28)18(14-25-26)17-7-4-9-22-13-17;/h1-11,13-14,25H,12H2,(H,24,27);1H. The van der Waals surface area contributed by atoms with Crippen LogP contribution in [0.2, 0.25) is 0 Å². The van der Waals surface area contributed by atoms with Crippen LogP contribution in [-0.2, 0) is 6.54 Å². The number of pyridine rings is 2. The number of carbonyl (C=O) groups is 1. The molecule has 0 aliphatic rings. The molecule has 146 valence electrons. The van der Waals surface area contributed by atoms with Crippen LogP contribution in [0.1, 0.15) is 15.9 Å². The first-order valence-corrected chi connectivity index (χ1v) is 8.72. The van der Waals surface area contributed by atoms with E-state index in [1.165, 1.54) is 4.68 Å². The van der Waals surface area contributed by atoms with Gasteiger partial charge in [0.05, 0.1) is 5.56 Å². The minimum Gasteiger partial charge on any atom is -0.348 e. The molecule has 1 aromatic carbocycles. The largest absolute Gasteiger partial charge is 0.348 e. The van der Waals surface area contributed by atoms with E-state index in [1.54, 1.807) is 55.1 Å².